The second-order valence-electron chi connectivity index (χ2n) is 3.30. The SMILES string of the molecule is Cn1cccc1CNCC(O)C(F)(F)F. The number of alkyl halides is 3. The number of hydrogen-bond acceptors (Lipinski definition) is 2. The van der Waals surface area contributed by atoms with E-state index in [4.69, 9.17) is 5.11 Å². The van der Waals surface area contributed by atoms with E-state index in [0.717, 1.165) is 5.69 Å². The zero-order valence-electron chi connectivity index (χ0n) is 8.25. The van der Waals surface area contributed by atoms with Gasteiger partial charge in [0, 0.05) is 32.0 Å². The lowest BCUT2D eigenvalue weighted by Crippen LogP contribution is -2.38. The van der Waals surface area contributed by atoms with Gasteiger partial charge in [-0.05, 0) is 12.1 Å². The van der Waals surface area contributed by atoms with Gasteiger partial charge in [-0.2, -0.15) is 13.2 Å². The third-order valence-electron chi connectivity index (χ3n) is 2.07. The van der Waals surface area contributed by atoms with Crippen molar-refractivity contribution in [1.82, 2.24) is 9.88 Å². The standard InChI is InChI=1S/C9H13F3N2O/c1-14-4-2-3-7(14)5-13-6-8(15)9(10,11)12/h2-4,8,13,15H,5-6H2,1H3. The molecule has 3 nitrogen and oxygen atoms in total. The van der Waals surface area contributed by atoms with Gasteiger partial charge in [0.1, 0.15) is 0 Å². The van der Waals surface area contributed by atoms with Gasteiger partial charge in [0.15, 0.2) is 6.10 Å². The number of hydrogen-bond donors (Lipinski definition) is 2. The second-order valence-corrected chi connectivity index (χ2v) is 3.30. The molecule has 1 atom stereocenters. The molecule has 0 bridgehead atoms. The number of nitrogens with zero attached hydrogens (tertiary/aromatic N) is 1. The van der Waals surface area contributed by atoms with Gasteiger partial charge in [-0.15, -0.1) is 0 Å². The molecular weight excluding hydrogens is 209 g/mol. The summed E-state index contributed by atoms with van der Waals surface area (Å²) in [7, 11) is 1.80. The second kappa shape index (κ2) is 4.67. The van der Waals surface area contributed by atoms with E-state index >= 15 is 0 Å². The van der Waals surface area contributed by atoms with Gasteiger partial charge in [0.25, 0.3) is 0 Å². The molecule has 86 valence electrons. The molecule has 1 aromatic heterocycles. The van der Waals surface area contributed by atoms with Crippen molar-refractivity contribution in [1.29, 1.82) is 0 Å². The van der Waals surface area contributed by atoms with Crippen LogP contribution in [0.25, 0.3) is 0 Å². The maximum atomic E-state index is 11.9. The van der Waals surface area contributed by atoms with Crippen LogP contribution in [0, 0.1) is 0 Å². The Morgan fingerprint density at radius 2 is 2.20 bits per heavy atom. The molecule has 15 heavy (non-hydrogen) atoms. The summed E-state index contributed by atoms with van der Waals surface area (Å²) in [5, 5.41) is 11.2. The summed E-state index contributed by atoms with van der Waals surface area (Å²) in [6.07, 6.45) is -5.06. The minimum absolute atomic E-state index is 0.302. The third kappa shape index (κ3) is 3.56. The zero-order chi connectivity index (χ0) is 11.5. The summed E-state index contributed by atoms with van der Waals surface area (Å²) in [5.74, 6) is 0. The largest absolute Gasteiger partial charge is 0.415 e. The van der Waals surface area contributed by atoms with Crippen LogP contribution in [0.5, 0.6) is 0 Å². The van der Waals surface area contributed by atoms with Gasteiger partial charge in [-0.1, -0.05) is 0 Å². The highest BCUT2D eigenvalue weighted by Crippen LogP contribution is 2.19. The molecule has 0 aromatic carbocycles. The van der Waals surface area contributed by atoms with Crippen LogP contribution in [0.3, 0.4) is 0 Å². The van der Waals surface area contributed by atoms with Crippen molar-refractivity contribution in [3.05, 3.63) is 24.0 Å². The monoisotopic (exact) mass is 222 g/mol. The lowest BCUT2D eigenvalue weighted by Gasteiger charge is -2.15. The Morgan fingerprint density at radius 3 is 2.67 bits per heavy atom. The van der Waals surface area contributed by atoms with E-state index in [9.17, 15) is 13.2 Å². The van der Waals surface area contributed by atoms with Crippen molar-refractivity contribution in [2.45, 2.75) is 18.8 Å². The molecule has 6 heteroatoms. The molecule has 0 saturated heterocycles. The van der Waals surface area contributed by atoms with Gasteiger partial charge in [0.2, 0.25) is 0 Å². The van der Waals surface area contributed by atoms with Crippen LogP contribution in [0.4, 0.5) is 13.2 Å². The third-order valence-corrected chi connectivity index (χ3v) is 2.07. The van der Waals surface area contributed by atoms with Crippen LogP contribution < -0.4 is 5.32 Å². The topological polar surface area (TPSA) is 37.2 Å². The summed E-state index contributed by atoms with van der Waals surface area (Å²) in [5.41, 5.74) is 0.865. The number of aromatic nitrogens is 1. The molecule has 1 rings (SSSR count). The van der Waals surface area contributed by atoms with Gasteiger partial charge in [-0.25, -0.2) is 0 Å². The number of aliphatic hydroxyl groups excluding tert-OH is 1. The highest BCUT2D eigenvalue weighted by atomic mass is 19.4. The van der Waals surface area contributed by atoms with E-state index in [1.54, 1.807) is 29.9 Å². The van der Waals surface area contributed by atoms with Gasteiger partial charge >= 0.3 is 6.18 Å². The van der Waals surface area contributed by atoms with Gasteiger partial charge in [-0.3, -0.25) is 0 Å². The van der Waals surface area contributed by atoms with Crippen molar-refractivity contribution < 1.29 is 18.3 Å². The lowest BCUT2D eigenvalue weighted by atomic mass is 10.3. The molecule has 1 unspecified atom stereocenters. The number of aryl methyl sites for hydroxylation is 1. The number of halogens is 3. The summed E-state index contributed by atoms with van der Waals surface area (Å²) in [6.45, 7) is -0.189. The number of aliphatic hydroxyl groups is 1. The van der Waals surface area contributed by atoms with E-state index in [2.05, 4.69) is 5.32 Å². The normalized spacial score (nSPS) is 14.2. The fourth-order valence-electron chi connectivity index (χ4n) is 1.13. The van der Waals surface area contributed by atoms with Crippen molar-refractivity contribution >= 4 is 0 Å². The highest BCUT2D eigenvalue weighted by Gasteiger charge is 2.37. The lowest BCUT2D eigenvalue weighted by molar-refractivity contribution is -0.201. The quantitative estimate of drug-likeness (QED) is 0.798. The van der Waals surface area contributed by atoms with Crippen molar-refractivity contribution in [2.24, 2.45) is 7.05 Å². The van der Waals surface area contributed by atoms with Crippen molar-refractivity contribution in [3.63, 3.8) is 0 Å². The molecule has 0 amide bonds. The van der Waals surface area contributed by atoms with E-state index in [-0.39, 0.29) is 0 Å². The molecule has 0 aliphatic carbocycles. The minimum Gasteiger partial charge on any atom is -0.382 e. The minimum atomic E-state index is -4.55. The molecular formula is C9H13F3N2O. The number of nitrogens with one attached hydrogen (secondary N) is 1. The zero-order valence-corrected chi connectivity index (χ0v) is 8.25. The summed E-state index contributed by atoms with van der Waals surface area (Å²) >= 11 is 0. The Kier molecular flexibility index (Phi) is 3.76. The summed E-state index contributed by atoms with van der Waals surface area (Å²) < 4.78 is 37.5. The molecule has 2 N–H and O–H groups in total. The Morgan fingerprint density at radius 1 is 1.53 bits per heavy atom. The van der Waals surface area contributed by atoms with Crippen LogP contribution in [-0.2, 0) is 13.6 Å². The molecule has 0 saturated carbocycles. The first-order chi connectivity index (χ1) is 6.91. The van der Waals surface area contributed by atoms with E-state index in [1.165, 1.54) is 0 Å². The molecule has 1 aromatic rings. The predicted molar refractivity (Wildman–Crippen MR) is 49.2 cm³/mol. The molecule has 0 radical (unpaired) electrons. The van der Waals surface area contributed by atoms with Crippen molar-refractivity contribution in [2.75, 3.05) is 6.54 Å². The van der Waals surface area contributed by atoms with E-state index in [0.29, 0.717) is 6.54 Å². The smallest absolute Gasteiger partial charge is 0.382 e. The molecule has 0 spiro atoms. The Labute approximate surface area is 85.5 Å². The fraction of sp³-hybridized carbons (Fsp3) is 0.556. The predicted octanol–water partition coefficient (Wildman–Crippen LogP) is 1.04. The van der Waals surface area contributed by atoms with Crippen molar-refractivity contribution in [3.8, 4) is 0 Å². The summed E-state index contributed by atoms with van der Waals surface area (Å²) in [6, 6.07) is 3.60. The first-order valence-electron chi connectivity index (χ1n) is 4.47. The number of rotatable bonds is 4. The average molecular weight is 222 g/mol. The highest BCUT2D eigenvalue weighted by molar-refractivity contribution is 5.05. The first kappa shape index (κ1) is 12.1. The van der Waals surface area contributed by atoms with E-state index < -0.39 is 18.8 Å². The molecule has 0 aliphatic heterocycles. The Hall–Kier alpha value is -1.01. The fourth-order valence-corrected chi connectivity index (χ4v) is 1.13. The molecule has 1 heterocycles. The van der Waals surface area contributed by atoms with Crippen LogP contribution >= 0.6 is 0 Å². The molecule has 0 fully saturated rings. The van der Waals surface area contributed by atoms with Gasteiger partial charge < -0.3 is 15.0 Å². The Bertz CT molecular complexity index is 309. The van der Waals surface area contributed by atoms with E-state index in [1.807, 2.05) is 0 Å². The summed E-state index contributed by atoms with van der Waals surface area (Å²) in [4.78, 5) is 0. The van der Waals surface area contributed by atoms with Gasteiger partial charge in [0.05, 0.1) is 0 Å². The van der Waals surface area contributed by atoms with Crippen LogP contribution in [0.15, 0.2) is 18.3 Å². The van der Waals surface area contributed by atoms with Crippen LogP contribution in [0.2, 0.25) is 0 Å². The van der Waals surface area contributed by atoms with Crippen LogP contribution in [-0.4, -0.2) is 28.5 Å². The average Bonchev–Trinajstić information content (AvgIpc) is 2.50. The maximum absolute atomic E-state index is 11.9. The molecule has 0 aliphatic rings. The Balaban J connectivity index is 2.31. The maximum Gasteiger partial charge on any atom is 0.415 e. The van der Waals surface area contributed by atoms with Crippen LogP contribution in [0.1, 0.15) is 5.69 Å². The first-order valence-corrected chi connectivity index (χ1v) is 4.47.